The number of hydrogen-bond donors (Lipinski definition) is 0. The molecule has 1 heterocycles. The van der Waals surface area contributed by atoms with Crippen molar-refractivity contribution in [2.24, 2.45) is 0 Å². The van der Waals surface area contributed by atoms with Gasteiger partial charge in [0.1, 0.15) is 0 Å². The number of halogens is 1. The van der Waals surface area contributed by atoms with Gasteiger partial charge in [0.15, 0.2) is 5.75 Å². The van der Waals surface area contributed by atoms with Crippen molar-refractivity contribution in [3.63, 3.8) is 0 Å². The zero-order valence-corrected chi connectivity index (χ0v) is 11.8. The highest BCUT2D eigenvalue weighted by molar-refractivity contribution is 6.20. The van der Waals surface area contributed by atoms with Crippen LogP contribution in [0.15, 0.2) is 18.2 Å². The van der Waals surface area contributed by atoms with Gasteiger partial charge in [0, 0.05) is 36.2 Å². The second-order valence-electron chi connectivity index (χ2n) is 4.61. The summed E-state index contributed by atoms with van der Waals surface area (Å²) < 4.78 is 4.97. The van der Waals surface area contributed by atoms with E-state index in [9.17, 15) is 14.9 Å². The fourth-order valence-electron chi connectivity index (χ4n) is 2.20. The fraction of sp³-hybridized carbons (Fsp3) is 0.462. The number of methoxy groups -OCH3 is 1. The number of alkyl halides is 1. The average molecular weight is 299 g/mol. The van der Waals surface area contributed by atoms with E-state index in [0.717, 1.165) is 12.8 Å². The molecule has 1 aromatic rings. The van der Waals surface area contributed by atoms with Crippen molar-refractivity contribution in [3.05, 3.63) is 33.9 Å². The molecule has 1 aliphatic heterocycles. The largest absolute Gasteiger partial charge is 0.490 e. The summed E-state index contributed by atoms with van der Waals surface area (Å²) in [6.07, 6.45) is 1.52. The van der Waals surface area contributed by atoms with Crippen LogP contribution in [0.4, 0.5) is 5.69 Å². The molecule has 0 bridgehead atoms. The lowest BCUT2D eigenvalue weighted by Crippen LogP contribution is -2.38. The third kappa shape index (κ3) is 3.01. The zero-order chi connectivity index (χ0) is 14.7. The van der Waals surface area contributed by atoms with Gasteiger partial charge in [-0.25, -0.2) is 0 Å². The summed E-state index contributed by atoms with van der Waals surface area (Å²) in [6.45, 7) is 1.21. The number of amides is 1. The summed E-state index contributed by atoms with van der Waals surface area (Å²) in [5.74, 6) is -0.0603. The maximum absolute atomic E-state index is 12.3. The Hall–Kier alpha value is -1.82. The van der Waals surface area contributed by atoms with Crippen molar-refractivity contribution in [2.45, 2.75) is 18.2 Å². The maximum Gasteiger partial charge on any atom is 0.310 e. The molecular weight excluding hydrogens is 284 g/mol. The molecule has 0 spiro atoms. The van der Waals surface area contributed by atoms with Crippen LogP contribution in [0, 0.1) is 10.1 Å². The number of piperidine rings is 1. The molecule has 0 radical (unpaired) electrons. The molecule has 1 aromatic carbocycles. The Balaban J connectivity index is 2.20. The minimum Gasteiger partial charge on any atom is -0.490 e. The third-order valence-corrected chi connectivity index (χ3v) is 3.77. The summed E-state index contributed by atoms with van der Waals surface area (Å²) in [6, 6.07) is 4.16. The third-order valence-electron chi connectivity index (χ3n) is 3.34. The molecular formula is C13H15ClN2O4. The molecule has 1 fully saturated rings. The number of rotatable bonds is 3. The second-order valence-corrected chi connectivity index (χ2v) is 5.23. The Morgan fingerprint density at radius 1 is 1.45 bits per heavy atom. The van der Waals surface area contributed by atoms with Crippen LogP contribution in [0.3, 0.4) is 0 Å². The summed E-state index contributed by atoms with van der Waals surface area (Å²) in [7, 11) is 1.34. The topological polar surface area (TPSA) is 72.7 Å². The van der Waals surface area contributed by atoms with Crippen molar-refractivity contribution >= 4 is 23.2 Å². The molecule has 108 valence electrons. The molecule has 0 aliphatic carbocycles. The van der Waals surface area contributed by atoms with Gasteiger partial charge in [-0.05, 0) is 18.9 Å². The van der Waals surface area contributed by atoms with Gasteiger partial charge in [0.25, 0.3) is 5.91 Å². The van der Waals surface area contributed by atoms with Gasteiger partial charge in [-0.15, -0.1) is 11.6 Å². The van der Waals surface area contributed by atoms with Crippen LogP contribution in [0.1, 0.15) is 23.2 Å². The van der Waals surface area contributed by atoms with Crippen LogP contribution in [0.5, 0.6) is 5.75 Å². The van der Waals surface area contributed by atoms with Gasteiger partial charge >= 0.3 is 5.69 Å². The summed E-state index contributed by atoms with van der Waals surface area (Å²) in [4.78, 5) is 24.3. The fourth-order valence-corrected chi connectivity index (χ4v) is 2.39. The van der Waals surface area contributed by atoms with E-state index in [0.29, 0.717) is 18.7 Å². The lowest BCUT2D eigenvalue weighted by Gasteiger charge is -2.29. The first-order chi connectivity index (χ1) is 9.52. The standard InChI is InChI=1S/C13H15ClN2O4/c1-20-12-8-9(2-3-11(12)16(18)19)13(17)15-6-4-10(14)5-7-15/h2-3,8,10H,4-7H2,1H3. The summed E-state index contributed by atoms with van der Waals surface area (Å²) in [5.41, 5.74) is 0.240. The molecule has 0 unspecified atom stereocenters. The predicted octanol–water partition coefficient (Wildman–Crippen LogP) is 2.45. The van der Waals surface area contributed by atoms with Crippen LogP contribution in [-0.2, 0) is 0 Å². The number of likely N-dealkylation sites (tertiary alicyclic amines) is 1. The highest BCUT2D eigenvalue weighted by Gasteiger charge is 2.24. The highest BCUT2D eigenvalue weighted by Crippen LogP contribution is 2.28. The number of benzene rings is 1. The van der Waals surface area contributed by atoms with Crippen LogP contribution < -0.4 is 4.74 Å². The molecule has 0 N–H and O–H groups in total. The molecule has 1 amide bonds. The quantitative estimate of drug-likeness (QED) is 0.488. The number of ether oxygens (including phenoxy) is 1. The first kappa shape index (κ1) is 14.6. The van der Waals surface area contributed by atoms with E-state index in [4.69, 9.17) is 16.3 Å². The average Bonchev–Trinajstić information content (AvgIpc) is 2.46. The van der Waals surface area contributed by atoms with Crippen molar-refractivity contribution in [1.29, 1.82) is 0 Å². The Labute approximate surface area is 121 Å². The van der Waals surface area contributed by atoms with Crippen LogP contribution in [0.25, 0.3) is 0 Å². The molecule has 1 aliphatic rings. The molecule has 0 atom stereocenters. The number of nitrogens with zero attached hydrogens (tertiary/aromatic N) is 2. The SMILES string of the molecule is COc1cc(C(=O)N2CCC(Cl)CC2)ccc1[N+](=O)[O-]. The molecule has 1 saturated heterocycles. The smallest absolute Gasteiger partial charge is 0.310 e. The van der Waals surface area contributed by atoms with E-state index in [-0.39, 0.29) is 22.7 Å². The van der Waals surface area contributed by atoms with Crippen LogP contribution in [-0.4, -0.2) is 41.3 Å². The Morgan fingerprint density at radius 3 is 2.65 bits per heavy atom. The lowest BCUT2D eigenvalue weighted by atomic mass is 10.1. The second kappa shape index (κ2) is 6.09. The number of carbonyl (C=O) groups excluding carboxylic acids is 1. The number of carbonyl (C=O) groups is 1. The Kier molecular flexibility index (Phi) is 4.44. The van der Waals surface area contributed by atoms with Gasteiger partial charge in [-0.3, -0.25) is 14.9 Å². The van der Waals surface area contributed by atoms with E-state index >= 15 is 0 Å². The molecule has 6 nitrogen and oxygen atoms in total. The lowest BCUT2D eigenvalue weighted by molar-refractivity contribution is -0.385. The maximum atomic E-state index is 12.3. The van der Waals surface area contributed by atoms with E-state index in [1.54, 1.807) is 4.90 Å². The highest BCUT2D eigenvalue weighted by atomic mass is 35.5. The van der Waals surface area contributed by atoms with Crippen molar-refractivity contribution in [1.82, 2.24) is 4.90 Å². The summed E-state index contributed by atoms with van der Waals surface area (Å²) in [5, 5.41) is 10.9. The first-order valence-corrected chi connectivity index (χ1v) is 6.72. The minimum absolute atomic E-state index is 0.0908. The summed E-state index contributed by atoms with van der Waals surface area (Å²) >= 11 is 6.00. The molecule has 0 saturated carbocycles. The predicted molar refractivity (Wildman–Crippen MR) is 74.4 cm³/mol. The van der Waals surface area contributed by atoms with Crippen LogP contribution >= 0.6 is 11.6 Å². The normalized spacial score (nSPS) is 16.0. The van der Waals surface area contributed by atoms with Gasteiger partial charge in [-0.1, -0.05) is 0 Å². The monoisotopic (exact) mass is 298 g/mol. The molecule has 20 heavy (non-hydrogen) atoms. The van der Waals surface area contributed by atoms with E-state index in [2.05, 4.69) is 0 Å². The van der Waals surface area contributed by atoms with E-state index < -0.39 is 4.92 Å². The van der Waals surface area contributed by atoms with Crippen molar-refractivity contribution in [3.8, 4) is 5.75 Å². The van der Waals surface area contributed by atoms with Gasteiger partial charge in [-0.2, -0.15) is 0 Å². The number of hydrogen-bond acceptors (Lipinski definition) is 4. The molecule has 0 aromatic heterocycles. The van der Waals surface area contributed by atoms with E-state index in [1.807, 2.05) is 0 Å². The van der Waals surface area contributed by atoms with Gasteiger partial charge < -0.3 is 9.64 Å². The molecule has 2 rings (SSSR count). The van der Waals surface area contributed by atoms with Crippen molar-refractivity contribution in [2.75, 3.05) is 20.2 Å². The Bertz CT molecular complexity index is 527. The number of nitro benzene ring substituents is 1. The number of nitro groups is 1. The van der Waals surface area contributed by atoms with Gasteiger partial charge in [0.05, 0.1) is 12.0 Å². The van der Waals surface area contributed by atoms with Crippen LogP contribution in [0.2, 0.25) is 0 Å². The van der Waals surface area contributed by atoms with Gasteiger partial charge in [0.2, 0.25) is 0 Å². The van der Waals surface area contributed by atoms with E-state index in [1.165, 1.54) is 25.3 Å². The Morgan fingerprint density at radius 2 is 2.10 bits per heavy atom. The minimum atomic E-state index is -0.536. The first-order valence-electron chi connectivity index (χ1n) is 6.28. The molecule has 7 heteroatoms. The van der Waals surface area contributed by atoms with Crippen molar-refractivity contribution < 1.29 is 14.5 Å². The zero-order valence-electron chi connectivity index (χ0n) is 11.0.